The topological polar surface area (TPSA) is 70.6 Å². The number of sulfone groups is 1. The van der Waals surface area contributed by atoms with E-state index in [2.05, 4.69) is 15.6 Å². The maximum absolute atomic E-state index is 12.0. The van der Waals surface area contributed by atoms with Gasteiger partial charge in [-0.05, 0) is 12.1 Å². The molecule has 0 saturated carbocycles. The first kappa shape index (κ1) is 22.0. The fourth-order valence-corrected chi connectivity index (χ4v) is 2.77. The molecule has 10 heteroatoms. The molecule has 0 aliphatic carbocycles. The zero-order valence-electron chi connectivity index (χ0n) is 12.4. The van der Waals surface area contributed by atoms with Crippen LogP contribution in [0, 0.1) is 0 Å². The zero-order chi connectivity index (χ0) is 16.6. The highest BCUT2D eigenvalue weighted by atomic mass is 127. The number of nitrogens with zero attached hydrogens (tertiary/aromatic N) is 1. The normalized spacial score (nSPS) is 12.4. The SMILES string of the molecule is CN=C(NCCC(F)(F)F)NCCS(=O)(=O)c1ccccc1.I. The monoisotopic (exact) mass is 465 g/mol. The van der Waals surface area contributed by atoms with Crippen LogP contribution in [0.5, 0.6) is 0 Å². The molecule has 0 aromatic heterocycles. The van der Waals surface area contributed by atoms with Gasteiger partial charge in [0.05, 0.1) is 17.1 Å². The smallest absolute Gasteiger partial charge is 0.356 e. The van der Waals surface area contributed by atoms with Gasteiger partial charge in [0.2, 0.25) is 0 Å². The van der Waals surface area contributed by atoms with Crippen molar-refractivity contribution in [1.29, 1.82) is 0 Å². The highest BCUT2D eigenvalue weighted by Crippen LogP contribution is 2.18. The molecule has 2 N–H and O–H groups in total. The molecule has 23 heavy (non-hydrogen) atoms. The van der Waals surface area contributed by atoms with Gasteiger partial charge in [-0.15, -0.1) is 24.0 Å². The Kier molecular flexibility index (Phi) is 9.51. The summed E-state index contributed by atoms with van der Waals surface area (Å²) in [4.78, 5) is 3.94. The minimum Gasteiger partial charge on any atom is -0.356 e. The second-order valence-corrected chi connectivity index (χ2v) is 6.53. The van der Waals surface area contributed by atoms with E-state index in [1.807, 2.05) is 0 Å². The Bertz CT molecular complexity index is 592. The molecule has 0 aliphatic heterocycles. The summed E-state index contributed by atoms with van der Waals surface area (Å²) < 4.78 is 60.1. The van der Waals surface area contributed by atoms with Gasteiger partial charge in [-0.25, -0.2) is 8.42 Å². The van der Waals surface area contributed by atoms with E-state index < -0.39 is 22.4 Å². The van der Waals surface area contributed by atoms with Crippen molar-refractivity contribution >= 4 is 39.8 Å². The van der Waals surface area contributed by atoms with Crippen LogP contribution in [0.1, 0.15) is 6.42 Å². The predicted molar refractivity (Wildman–Crippen MR) is 93.9 cm³/mol. The van der Waals surface area contributed by atoms with Gasteiger partial charge in [0.1, 0.15) is 0 Å². The van der Waals surface area contributed by atoms with Crippen LogP contribution in [0.3, 0.4) is 0 Å². The lowest BCUT2D eigenvalue weighted by molar-refractivity contribution is -0.132. The average Bonchev–Trinajstić information content (AvgIpc) is 2.45. The molecule has 1 aromatic rings. The first-order valence-corrected chi connectivity index (χ1v) is 8.19. The van der Waals surface area contributed by atoms with E-state index in [1.54, 1.807) is 18.2 Å². The Hall–Kier alpha value is -1.04. The number of hydrogen-bond donors (Lipinski definition) is 2. The van der Waals surface area contributed by atoms with Crippen molar-refractivity contribution in [3.05, 3.63) is 30.3 Å². The standard InChI is InChI=1S/C13H18F3N3O2S.HI/c1-17-12(18-8-7-13(14,15)16)19-9-10-22(20,21)11-5-3-2-4-6-11;/h2-6H,7-10H2,1H3,(H2,17,18,19);1H. The molecular formula is C13H19F3IN3O2S. The van der Waals surface area contributed by atoms with Crippen LogP contribution in [-0.4, -0.2) is 46.4 Å². The summed E-state index contributed by atoms with van der Waals surface area (Å²) in [6.07, 6.45) is -5.24. The molecule has 0 atom stereocenters. The largest absolute Gasteiger partial charge is 0.390 e. The molecular weight excluding hydrogens is 446 g/mol. The second kappa shape index (κ2) is 9.96. The Morgan fingerprint density at radius 1 is 1.13 bits per heavy atom. The van der Waals surface area contributed by atoms with Gasteiger partial charge < -0.3 is 10.6 Å². The molecule has 0 unspecified atom stereocenters. The van der Waals surface area contributed by atoms with Crippen LogP contribution < -0.4 is 10.6 Å². The number of alkyl halides is 3. The summed E-state index contributed by atoms with van der Waals surface area (Å²) in [6.45, 7) is -0.280. The van der Waals surface area contributed by atoms with E-state index in [-0.39, 0.29) is 53.7 Å². The molecule has 132 valence electrons. The van der Waals surface area contributed by atoms with E-state index in [0.717, 1.165) is 0 Å². The Balaban J connectivity index is 0.00000484. The molecule has 0 heterocycles. The van der Waals surface area contributed by atoms with Gasteiger partial charge in [0.15, 0.2) is 15.8 Å². The minimum absolute atomic E-state index is 0. The number of guanidine groups is 1. The van der Waals surface area contributed by atoms with Crippen LogP contribution in [0.4, 0.5) is 13.2 Å². The molecule has 0 spiro atoms. The third-order valence-electron chi connectivity index (χ3n) is 2.69. The molecule has 0 saturated heterocycles. The van der Waals surface area contributed by atoms with Crippen LogP contribution in [-0.2, 0) is 9.84 Å². The predicted octanol–water partition coefficient (Wildman–Crippen LogP) is 2.20. The minimum atomic E-state index is -4.25. The van der Waals surface area contributed by atoms with Crippen LogP contribution in [0.2, 0.25) is 0 Å². The van der Waals surface area contributed by atoms with Gasteiger partial charge in [-0.2, -0.15) is 13.2 Å². The summed E-state index contributed by atoms with van der Waals surface area (Å²) in [5.41, 5.74) is 0. The van der Waals surface area contributed by atoms with Gasteiger partial charge >= 0.3 is 6.18 Å². The third-order valence-corrected chi connectivity index (χ3v) is 4.42. The Morgan fingerprint density at radius 2 is 1.70 bits per heavy atom. The fraction of sp³-hybridized carbons (Fsp3) is 0.462. The van der Waals surface area contributed by atoms with Gasteiger partial charge in [0, 0.05) is 20.1 Å². The Morgan fingerprint density at radius 3 is 2.22 bits per heavy atom. The lowest BCUT2D eigenvalue weighted by Crippen LogP contribution is -2.40. The van der Waals surface area contributed by atoms with Crippen molar-refractivity contribution in [2.24, 2.45) is 4.99 Å². The van der Waals surface area contributed by atoms with Crippen molar-refractivity contribution in [3.63, 3.8) is 0 Å². The van der Waals surface area contributed by atoms with Crippen molar-refractivity contribution in [2.45, 2.75) is 17.5 Å². The van der Waals surface area contributed by atoms with Crippen molar-refractivity contribution in [3.8, 4) is 0 Å². The van der Waals surface area contributed by atoms with E-state index in [1.165, 1.54) is 19.2 Å². The highest BCUT2D eigenvalue weighted by Gasteiger charge is 2.26. The van der Waals surface area contributed by atoms with Crippen molar-refractivity contribution in [2.75, 3.05) is 25.9 Å². The Labute approximate surface area is 150 Å². The molecule has 1 aromatic carbocycles. The highest BCUT2D eigenvalue weighted by molar-refractivity contribution is 14.0. The summed E-state index contributed by atoms with van der Waals surface area (Å²) in [6, 6.07) is 7.94. The van der Waals surface area contributed by atoms with E-state index in [4.69, 9.17) is 0 Å². The van der Waals surface area contributed by atoms with Crippen molar-refractivity contribution in [1.82, 2.24) is 10.6 Å². The van der Waals surface area contributed by atoms with Crippen LogP contribution in [0.25, 0.3) is 0 Å². The van der Waals surface area contributed by atoms with Crippen molar-refractivity contribution < 1.29 is 21.6 Å². The maximum Gasteiger partial charge on any atom is 0.390 e. The van der Waals surface area contributed by atoms with Crippen LogP contribution >= 0.6 is 24.0 Å². The summed E-state index contributed by atoms with van der Waals surface area (Å²) in [5.74, 6) is -0.0516. The van der Waals surface area contributed by atoms with E-state index >= 15 is 0 Å². The fourth-order valence-electron chi connectivity index (χ4n) is 1.59. The average molecular weight is 465 g/mol. The lowest BCUT2D eigenvalue weighted by atomic mass is 10.4. The molecule has 0 aliphatic rings. The van der Waals surface area contributed by atoms with Crippen LogP contribution in [0.15, 0.2) is 40.2 Å². The summed E-state index contributed by atoms with van der Waals surface area (Å²) in [5, 5.41) is 5.15. The number of rotatable bonds is 6. The van der Waals surface area contributed by atoms with Gasteiger partial charge in [0.25, 0.3) is 0 Å². The third kappa shape index (κ3) is 8.98. The van der Waals surface area contributed by atoms with E-state index in [0.29, 0.717) is 0 Å². The maximum atomic E-state index is 12.0. The molecule has 0 fully saturated rings. The second-order valence-electron chi connectivity index (χ2n) is 4.42. The van der Waals surface area contributed by atoms with Gasteiger partial charge in [-0.3, -0.25) is 4.99 Å². The lowest BCUT2D eigenvalue weighted by Gasteiger charge is -2.13. The molecule has 0 radical (unpaired) electrons. The number of benzene rings is 1. The number of nitrogens with one attached hydrogen (secondary N) is 2. The zero-order valence-corrected chi connectivity index (χ0v) is 15.6. The number of halogens is 4. The summed E-state index contributed by atoms with van der Waals surface area (Å²) in [7, 11) is -2.04. The molecule has 5 nitrogen and oxygen atoms in total. The number of hydrogen-bond acceptors (Lipinski definition) is 3. The summed E-state index contributed by atoms with van der Waals surface area (Å²) >= 11 is 0. The number of aliphatic imine (C=N–C) groups is 1. The van der Waals surface area contributed by atoms with E-state index in [9.17, 15) is 21.6 Å². The molecule has 0 amide bonds. The molecule has 0 bridgehead atoms. The first-order chi connectivity index (χ1) is 10.2. The van der Waals surface area contributed by atoms with Gasteiger partial charge in [-0.1, -0.05) is 18.2 Å². The first-order valence-electron chi connectivity index (χ1n) is 6.54. The quantitative estimate of drug-likeness (QED) is 0.384. The molecule has 1 rings (SSSR count).